The fourth-order valence-corrected chi connectivity index (χ4v) is 5.54. The van der Waals surface area contributed by atoms with E-state index in [2.05, 4.69) is 0 Å². The number of hydrogen-bond donors (Lipinski definition) is 0. The van der Waals surface area contributed by atoms with Crippen LogP contribution >= 0.6 is 0 Å². The summed E-state index contributed by atoms with van der Waals surface area (Å²) in [5, 5.41) is 0. The summed E-state index contributed by atoms with van der Waals surface area (Å²) >= 11 is 0. The van der Waals surface area contributed by atoms with Gasteiger partial charge in [0, 0.05) is 44.2 Å². The van der Waals surface area contributed by atoms with E-state index in [9.17, 15) is 19.2 Å². The van der Waals surface area contributed by atoms with Crippen molar-refractivity contribution in [2.24, 2.45) is 11.3 Å². The lowest BCUT2D eigenvalue weighted by molar-refractivity contribution is -0.161. The lowest BCUT2D eigenvalue weighted by atomic mass is 9.71. The molecule has 1 aromatic rings. The van der Waals surface area contributed by atoms with Crippen LogP contribution in [0, 0.1) is 11.3 Å². The van der Waals surface area contributed by atoms with Gasteiger partial charge >= 0.3 is 12.1 Å². The predicted molar refractivity (Wildman–Crippen MR) is 131 cm³/mol. The molecular formula is C27H35N3O6. The normalized spacial score (nSPS) is 23.7. The molecule has 9 nitrogen and oxygen atoms in total. The molecule has 0 radical (unpaired) electrons. The smallest absolute Gasteiger partial charge is 0.409 e. The van der Waals surface area contributed by atoms with Crippen molar-refractivity contribution in [3.8, 4) is 0 Å². The molecule has 2 fully saturated rings. The van der Waals surface area contributed by atoms with Crippen LogP contribution in [-0.4, -0.2) is 78.0 Å². The molecule has 3 amide bonds. The Morgan fingerprint density at radius 1 is 0.972 bits per heavy atom. The Kier molecular flexibility index (Phi) is 7.96. The number of allylic oxidation sites excluding steroid dienone is 1. The van der Waals surface area contributed by atoms with E-state index in [1.807, 2.05) is 36.4 Å². The number of benzene rings is 1. The Balaban J connectivity index is 1.51. The van der Waals surface area contributed by atoms with E-state index in [-0.39, 0.29) is 43.3 Å². The first-order valence-electron chi connectivity index (χ1n) is 12.8. The number of piperidine rings is 1. The zero-order chi connectivity index (χ0) is 25.7. The highest BCUT2D eigenvalue weighted by Crippen LogP contribution is 2.51. The number of rotatable bonds is 7. The average Bonchev–Trinajstić information content (AvgIpc) is 3.32. The van der Waals surface area contributed by atoms with Gasteiger partial charge in [0.2, 0.25) is 11.8 Å². The van der Waals surface area contributed by atoms with E-state index in [1.165, 1.54) is 0 Å². The molecule has 1 aromatic carbocycles. The van der Waals surface area contributed by atoms with E-state index in [4.69, 9.17) is 9.47 Å². The Morgan fingerprint density at radius 2 is 1.64 bits per heavy atom. The molecule has 2 saturated heterocycles. The van der Waals surface area contributed by atoms with Crippen molar-refractivity contribution in [1.82, 2.24) is 14.7 Å². The van der Waals surface area contributed by atoms with Crippen LogP contribution in [0.5, 0.6) is 0 Å². The van der Waals surface area contributed by atoms with Crippen molar-refractivity contribution >= 4 is 23.9 Å². The summed E-state index contributed by atoms with van der Waals surface area (Å²) < 4.78 is 10.5. The van der Waals surface area contributed by atoms with Crippen molar-refractivity contribution < 1.29 is 28.7 Å². The van der Waals surface area contributed by atoms with Crippen LogP contribution in [0.1, 0.15) is 45.1 Å². The Morgan fingerprint density at radius 3 is 2.31 bits per heavy atom. The lowest BCUT2D eigenvalue weighted by Crippen LogP contribution is -2.54. The maximum Gasteiger partial charge on any atom is 0.409 e. The van der Waals surface area contributed by atoms with Gasteiger partial charge in [0.1, 0.15) is 5.41 Å². The molecule has 0 unspecified atom stereocenters. The molecule has 0 saturated carbocycles. The second kappa shape index (κ2) is 11.1. The molecule has 0 spiro atoms. The van der Waals surface area contributed by atoms with Crippen molar-refractivity contribution in [1.29, 1.82) is 0 Å². The third kappa shape index (κ3) is 5.10. The van der Waals surface area contributed by atoms with Crippen LogP contribution in [0.3, 0.4) is 0 Å². The third-order valence-corrected chi connectivity index (χ3v) is 7.33. The second-order valence-corrected chi connectivity index (χ2v) is 9.51. The van der Waals surface area contributed by atoms with Crippen LogP contribution in [-0.2, 0) is 30.4 Å². The molecular weight excluding hydrogens is 462 g/mol. The number of nitrogens with zero attached hydrogens (tertiary/aromatic N) is 3. The summed E-state index contributed by atoms with van der Waals surface area (Å²) in [5.74, 6) is -1.21. The van der Waals surface area contributed by atoms with Gasteiger partial charge in [-0.15, -0.1) is 0 Å². The number of amides is 3. The highest BCUT2D eigenvalue weighted by Gasteiger charge is 2.55. The number of esters is 1. The first-order chi connectivity index (χ1) is 17.4. The monoisotopic (exact) mass is 497 g/mol. The highest BCUT2D eigenvalue weighted by molar-refractivity contribution is 5.92. The molecule has 2 aliphatic heterocycles. The maximum absolute atomic E-state index is 13.7. The number of fused-ring (bicyclic) bond motifs is 1. The van der Waals surface area contributed by atoms with E-state index in [0.29, 0.717) is 57.9 Å². The summed E-state index contributed by atoms with van der Waals surface area (Å²) in [5.41, 5.74) is 0.756. The van der Waals surface area contributed by atoms with Gasteiger partial charge < -0.3 is 24.2 Å². The van der Waals surface area contributed by atoms with Crippen LogP contribution in [0.25, 0.3) is 0 Å². The summed E-state index contributed by atoms with van der Waals surface area (Å²) in [7, 11) is 0. The second-order valence-electron chi connectivity index (χ2n) is 9.51. The van der Waals surface area contributed by atoms with Gasteiger partial charge in [-0.2, -0.15) is 0 Å². The molecule has 36 heavy (non-hydrogen) atoms. The molecule has 4 rings (SSSR count). The van der Waals surface area contributed by atoms with Crippen molar-refractivity contribution in [3.05, 3.63) is 47.7 Å². The summed E-state index contributed by atoms with van der Waals surface area (Å²) in [6, 6.07) is 9.66. The van der Waals surface area contributed by atoms with Gasteiger partial charge in [0.05, 0.1) is 19.8 Å². The molecule has 0 bridgehead atoms. The van der Waals surface area contributed by atoms with Crippen LogP contribution < -0.4 is 0 Å². The Hall–Kier alpha value is -3.36. The van der Waals surface area contributed by atoms with Gasteiger partial charge in [-0.3, -0.25) is 14.4 Å². The summed E-state index contributed by atoms with van der Waals surface area (Å²) in [6.45, 7) is 6.00. The van der Waals surface area contributed by atoms with Gasteiger partial charge in [-0.05, 0) is 38.7 Å². The van der Waals surface area contributed by atoms with Gasteiger partial charge in [0.15, 0.2) is 0 Å². The molecule has 194 valence electrons. The molecule has 1 aliphatic carbocycles. The topological polar surface area (TPSA) is 96.5 Å². The molecule has 9 heteroatoms. The largest absolute Gasteiger partial charge is 0.465 e. The Bertz CT molecular complexity index is 1020. The Labute approximate surface area is 212 Å². The quantitative estimate of drug-likeness (QED) is 0.538. The molecule has 3 aliphatic rings. The van der Waals surface area contributed by atoms with Crippen molar-refractivity contribution in [3.63, 3.8) is 0 Å². The summed E-state index contributed by atoms with van der Waals surface area (Å²) in [6.07, 6.45) is 3.16. The van der Waals surface area contributed by atoms with E-state index >= 15 is 0 Å². The number of carbonyl (C=O) groups is 4. The minimum Gasteiger partial charge on any atom is -0.465 e. The van der Waals surface area contributed by atoms with Crippen LogP contribution in [0.2, 0.25) is 0 Å². The van der Waals surface area contributed by atoms with E-state index in [0.717, 1.165) is 5.56 Å². The average molecular weight is 498 g/mol. The highest BCUT2D eigenvalue weighted by atomic mass is 16.6. The number of hydrogen-bond acceptors (Lipinski definition) is 6. The maximum atomic E-state index is 13.7. The number of ether oxygens (including phenoxy) is 2. The fraction of sp³-hybridized carbons (Fsp3) is 0.556. The predicted octanol–water partition coefficient (Wildman–Crippen LogP) is 2.95. The first-order valence-corrected chi connectivity index (χ1v) is 12.8. The van der Waals surface area contributed by atoms with E-state index < -0.39 is 11.3 Å². The van der Waals surface area contributed by atoms with Gasteiger partial charge in [0.25, 0.3) is 0 Å². The number of carbonyl (C=O) groups excluding carboxylic acids is 4. The van der Waals surface area contributed by atoms with E-state index in [1.54, 1.807) is 28.5 Å². The SMILES string of the molecule is CCOC(=O)N1CCN(C(=O)C[C@@H]2C[C@@]3(C(=O)OCC)CCC=C3N(Cc3ccccc3)C2=O)CC1. The zero-order valence-corrected chi connectivity index (χ0v) is 21.1. The van der Waals surface area contributed by atoms with Crippen LogP contribution in [0.15, 0.2) is 42.1 Å². The first kappa shape index (κ1) is 25.7. The fourth-order valence-electron chi connectivity index (χ4n) is 5.54. The molecule has 2 atom stereocenters. The minimum absolute atomic E-state index is 0.0258. The van der Waals surface area contributed by atoms with Crippen molar-refractivity contribution in [2.45, 2.75) is 46.1 Å². The number of likely N-dealkylation sites (tertiary alicyclic amines) is 1. The van der Waals surface area contributed by atoms with Gasteiger partial charge in [-0.25, -0.2) is 4.79 Å². The molecule has 2 heterocycles. The molecule has 0 N–H and O–H groups in total. The summed E-state index contributed by atoms with van der Waals surface area (Å²) in [4.78, 5) is 57.2. The standard InChI is InChI=1S/C27H35N3O6/c1-3-35-25(33)27-12-8-11-22(27)30(19-20-9-6-5-7-10-20)24(32)21(18-27)17-23(31)28-13-15-29(16-14-28)26(34)36-4-2/h5-7,9-11,21H,3-4,8,12-19H2,1-2H3/t21-,27+/m1/s1. The zero-order valence-electron chi connectivity index (χ0n) is 21.1. The van der Waals surface area contributed by atoms with Crippen molar-refractivity contribution in [2.75, 3.05) is 39.4 Å². The van der Waals surface area contributed by atoms with Gasteiger partial charge in [-0.1, -0.05) is 36.4 Å². The number of piperazine rings is 1. The molecule has 0 aromatic heterocycles. The minimum atomic E-state index is -0.910. The van der Waals surface area contributed by atoms with Crippen LogP contribution in [0.4, 0.5) is 4.79 Å². The lowest BCUT2D eigenvalue weighted by Gasteiger charge is -2.44. The third-order valence-electron chi connectivity index (χ3n) is 7.33.